The molecule has 1 aliphatic heterocycles. The molecule has 0 aliphatic carbocycles. The first kappa shape index (κ1) is 15.1. The Bertz CT molecular complexity index is 704. The molecule has 0 fully saturated rings. The molecule has 1 aromatic heterocycles. The lowest BCUT2D eigenvalue weighted by molar-refractivity contribution is 0.102. The van der Waals surface area contributed by atoms with Gasteiger partial charge in [0.25, 0.3) is 0 Å². The number of nitrogens with zero attached hydrogens (tertiary/aromatic N) is 1. The van der Waals surface area contributed by atoms with Crippen LogP contribution < -0.4 is 10.6 Å². The third-order valence-corrected chi connectivity index (χ3v) is 5.37. The highest BCUT2D eigenvalue weighted by atomic mass is 32.2. The molecule has 0 unspecified atom stereocenters. The second-order valence-corrected chi connectivity index (χ2v) is 7.87. The van der Waals surface area contributed by atoms with Crippen LogP contribution in [0.1, 0.15) is 22.3 Å². The fourth-order valence-corrected chi connectivity index (χ4v) is 4.12. The Balaban J connectivity index is 1.99. The van der Waals surface area contributed by atoms with E-state index in [9.17, 15) is 13.2 Å². The molecule has 1 aliphatic rings. The molecule has 108 valence electrons. The number of hydrogen-bond acceptors (Lipinski definition) is 6. The summed E-state index contributed by atoms with van der Waals surface area (Å²) in [5, 5.41) is 6.44. The van der Waals surface area contributed by atoms with Crippen LogP contribution >= 0.6 is 23.6 Å². The molecule has 2 heterocycles. The molecular formula is C11H13N3O3S3. The van der Waals surface area contributed by atoms with Crippen LogP contribution in [0, 0.1) is 6.92 Å². The number of rotatable bonds is 3. The van der Waals surface area contributed by atoms with E-state index in [1.54, 1.807) is 13.0 Å². The average Bonchev–Trinajstić information content (AvgIpc) is 2.81. The number of aryl methyl sites for hydroxylation is 1. The van der Waals surface area contributed by atoms with Crippen molar-refractivity contribution in [3.63, 3.8) is 0 Å². The van der Waals surface area contributed by atoms with Crippen molar-refractivity contribution in [3.05, 3.63) is 22.3 Å². The number of hydrogen-bond donors (Lipinski definition) is 2. The van der Waals surface area contributed by atoms with Gasteiger partial charge in [0.1, 0.15) is 0 Å². The van der Waals surface area contributed by atoms with Crippen LogP contribution in [0.4, 0.5) is 5.13 Å². The van der Waals surface area contributed by atoms with Crippen molar-refractivity contribution in [1.82, 2.24) is 10.3 Å². The van der Waals surface area contributed by atoms with Crippen LogP contribution in [-0.2, 0) is 9.84 Å². The Labute approximate surface area is 126 Å². The normalized spacial score (nSPS) is 16.6. The van der Waals surface area contributed by atoms with Gasteiger partial charge in [-0.1, -0.05) is 11.3 Å². The zero-order valence-corrected chi connectivity index (χ0v) is 13.3. The average molecular weight is 331 g/mol. The number of thiazole rings is 1. The molecule has 0 saturated heterocycles. The summed E-state index contributed by atoms with van der Waals surface area (Å²) in [6.45, 7) is 3.23. The maximum atomic E-state index is 11.3. The van der Waals surface area contributed by atoms with Crippen molar-refractivity contribution in [3.8, 4) is 0 Å². The second-order valence-electron chi connectivity index (χ2n) is 4.35. The number of nitrogens with one attached hydrogen (secondary N) is 2. The maximum absolute atomic E-state index is 11.3. The minimum Gasteiger partial charge on any atom is -0.335 e. The van der Waals surface area contributed by atoms with Crippen LogP contribution in [0.5, 0.6) is 0 Å². The summed E-state index contributed by atoms with van der Waals surface area (Å²) in [7, 11) is -3.03. The number of carbonyl (C=O) groups is 1. The molecule has 0 bridgehead atoms. The van der Waals surface area contributed by atoms with Gasteiger partial charge in [0.15, 0.2) is 25.9 Å². The third-order valence-electron chi connectivity index (χ3n) is 2.57. The molecule has 2 N–H and O–H groups in total. The highest BCUT2D eigenvalue weighted by Crippen LogP contribution is 2.22. The van der Waals surface area contributed by atoms with Gasteiger partial charge in [-0.15, -0.1) is 0 Å². The minimum atomic E-state index is -3.03. The largest absolute Gasteiger partial charge is 0.335 e. The van der Waals surface area contributed by atoms with Crippen molar-refractivity contribution in [2.24, 2.45) is 0 Å². The SMILES string of the molecule is CC(=O)c1sc(NC(=S)NC2=CCS(=O)(=O)C2)nc1C. The van der Waals surface area contributed by atoms with E-state index in [0.717, 1.165) is 0 Å². The molecule has 2 rings (SSSR count). The predicted molar refractivity (Wildman–Crippen MR) is 82.9 cm³/mol. The van der Waals surface area contributed by atoms with E-state index in [0.29, 0.717) is 21.4 Å². The van der Waals surface area contributed by atoms with Gasteiger partial charge in [0, 0.05) is 12.6 Å². The summed E-state index contributed by atoms with van der Waals surface area (Å²) < 4.78 is 22.6. The van der Waals surface area contributed by atoms with Crippen LogP contribution in [0.25, 0.3) is 0 Å². The fraction of sp³-hybridized carbons (Fsp3) is 0.364. The van der Waals surface area contributed by atoms with Gasteiger partial charge < -0.3 is 10.6 Å². The molecule has 0 spiro atoms. The number of Topliss-reactive ketones (excluding diaryl/α,β-unsaturated/α-hetero) is 1. The number of ketones is 1. The first-order chi connectivity index (χ1) is 9.27. The van der Waals surface area contributed by atoms with Gasteiger partial charge in [-0.25, -0.2) is 13.4 Å². The number of thiocarbonyl (C=S) groups is 1. The second kappa shape index (κ2) is 5.58. The molecule has 0 amide bonds. The van der Waals surface area contributed by atoms with E-state index in [1.165, 1.54) is 18.3 Å². The number of sulfone groups is 1. The maximum Gasteiger partial charge on any atom is 0.189 e. The van der Waals surface area contributed by atoms with Crippen molar-refractivity contribution < 1.29 is 13.2 Å². The van der Waals surface area contributed by atoms with Crippen molar-refractivity contribution in [1.29, 1.82) is 0 Å². The Morgan fingerprint density at radius 3 is 2.65 bits per heavy atom. The highest BCUT2D eigenvalue weighted by Gasteiger charge is 2.20. The van der Waals surface area contributed by atoms with Crippen LogP contribution in [0.2, 0.25) is 0 Å². The summed E-state index contributed by atoms with van der Waals surface area (Å²) in [5.74, 6) is -0.0516. The number of carbonyl (C=O) groups excluding carboxylic acids is 1. The Kier molecular flexibility index (Phi) is 4.21. The van der Waals surface area contributed by atoms with Gasteiger partial charge in [0.05, 0.1) is 22.1 Å². The van der Waals surface area contributed by atoms with E-state index >= 15 is 0 Å². The predicted octanol–water partition coefficient (Wildman–Crippen LogP) is 1.25. The van der Waals surface area contributed by atoms with E-state index in [4.69, 9.17) is 12.2 Å². The zero-order chi connectivity index (χ0) is 14.9. The van der Waals surface area contributed by atoms with Crippen LogP contribution in [-0.4, -0.2) is 35.8 Å². The zero-order valence-electron chi connectivity index (χ0n) is 10.9. The summed E-state index contributed by atoms with van der Waals surface area (Å²) in [6.07, 6.45) is 1.59. The topological polar surface area (TPSA) is 88.2 Å². The smallest absolute Gasteiger partial charge is 0.189 e. The van der Waals surface area contributed by atoms with Crippen molar-refractivity contribution in [2.45, 2.75) is 13.8 Å². The Morgan fingerprint density at radius 2 is 2.15 bits per heavy atom. The van der Waals surface area contributed by atoms with Gasteiger partial charge >= 0.3 is 0 Å². The lowest BCUT2D eigenvalue weighted by atomic mass is 10.3. The van der Waals surface area contributed by atoms with E-state index in [-0.39, 0.29) is 22.4 Å². The Hall–Kier alpha value is -1.32. The summed E-state index contributed by atoms with van der Waals surface area (Å²) >= 11 is 6.31. The summed E-state index contributed by atoms with van der Waals surface area (Å²) in [6, 6.07) is 0. The van der Waals surface area contributed by atoms with Gasteiger partial charge in [-0.3, -0.25) is 4.79 Å². The van der Waals surface area contributed by atoms with E-state index in [2.05, 4.69) is 15.6 Å². The van der Waals surface area contributed by atoms with Crippen LogP contribution in [0.15, 0.2) is 11.8 Å². The Morgan fingerprint density at radius 1 is 1.45 bits per heavy atom. The summed E-state index contributed by atoms with van der Waals surface area (Å²) in [4.78, 5) is 16.1. The minimum absolute atomic E-state index is 0.0305. The van der Waals surface area contributed by atoms with E-state index < -0.39 is 9.84 Å². The van der Waals surface area contributed by atoms with Gasteiger partial charge in [0.2, 0.25) is 0 Å². The lowest BCUT2D eigenvalue weighted by Gasteiger charge is -2.08. The monoisotopic (exact) mass is 331 g/mol. The van der Waals surface area contributed by atoms with Gasteiger partial charge in [-0.05, 0) is 25.2 Å². The molecule has 0 radical (unpaired) electrons. The quantitative estimate of drug-likeness (QED) is 0.636. The first-order valence-electron chi connectivity index (χ1n) is 5.72. The molecule has 0 atom stereocenters. The standard InChI is InChI=1S/C11H13N3O3S3/c1-6-9(7(2)15)19-11(12-6)14-10(18)13-8-3-4-20(16,17)5-8/h3H,4-5H2,1-2H3,(H2,12,13,14,18). The molecule has 9 heteroatoms. The molecule has 6 nitrogen and oxygen atoms in total. The number of aromatic nitrogens is 1. The van der Waals surface area contributed by atoms with Gasteiger partial charge in [-0.2, -0.15) is 0 Å². The lowest BCUT2D eigenvalue weighted by Crippen LogP contribution is -2.29. The first-order valence-corrected chi connectivity index (χ1v) is 8.77. The summed E-state index contributed by atoms with van der Waals surface area (Å²) in [5.41, 5.74) is 1.21. The molecule has 0 saturated carbocycles. The van der Waals surface area contributed by atoms with E-state index in [1.807, 2.05) is 0 Å². The van der Waals surface area contributed by atoms with Crippen molar-refractivity contribution in [2.75, 3.05) is 16.8 Å². The van der Waals surface area contributed by atoms with Crippen molar-refractivity contribution >= 4 is 49.4 Å². The van der Waals surface area contributed by atoms with Crippen LogP contribution in [0.3, 0.4) is 0 Å². The third kappa shape index (κ3) is 3.62. The molecule has 0 aromatic carbocycles. The highest BCUT2D eigenvalue weighted by molar-refractivity contribution is 7.92. The molecule has 1 aromatic rings. The molecule has 20 heavy (non-hydrogen) atoms. The molecular weight excluding hydrogens is 318 g/mol. The number of anilines is 1. The fourth-order valence-electron chi connectivity index (χ4n) is 1.72.